The van der Waals surface area contributed by atoms with Crippen LogP contribution in [0.1, 0.15) is 12.6 Å². The van der Waals surface area contributed by atoms with Crippen LogP contribution in [0, 0.1) is 0 Å². The minimum atomic E-state index is 0.614. The first-order valence-corrected chi connectivity index (χ1v) is 7.30. The molecule has 0 fully saturated rings. The number of rotatable bonds is 2. The molecule has 4 aromatic rings. The molecule has 0 saturated heterocycles. The summed E-state index contributed by atoms with van der Waals surface area (Å²) in [6.07, 6.45) is 0.868. The van der Waals surface area contributed by atoms with E-state index in [1.807, 2.05) is 36.4 Å². The van der Waals surface area contributed by atoms with Crippen molar-refractivity contribution in [3.05, 3.63) is 59.2 Å². The van der Waals surface area contributed by atoms with E-state index in [-0.39, 0.29) is 0 Å². The zero-order chi connectivity index (χ0) is 14.4. The molecule has 2 heterocycles. The molecule has 4 rings (SSSR count). The number of aromatic nitrogens is 2. The standard InChI is InChI=1S/C17H13ClN2O/c1-2-13-16(11-6-4-3-5-7-11)19-17-20(13)14-10-12(18)8-9-15(14)21-17/h3-10H,2H2,1H3. The van der Waals surface area contributed by atoms with Crippen molar-refractivity contribution in [2.24, 2.45) is 0 Å². The van der Waals surface area contributed by atoms with Crippen LogP contribution in [0.5, 0.6) is 0 Å². The Morgan fingerprint density at radius 3 is 2.71 bits per heavy atom. The van der Waals surface area contributed by atoms with Gasteiger partial charge in [0.05, 0.1) is 16.9 Å². The fraction of sp³-hybridized carbons (Fsp3) is 0.118. The second-order valence-corrected chi connectivity index (χ2v) is 5.40. The zero-order valence-electron chi connectivity index (χ0n) is 11.5. The van der Waals surface area contributed by atoms with Gasteiger partial charge in [0.15, 0.2) is 5.58 Å². The number of fused-ring (bicyclic) bond motifs is 3. The lowest BCUT2D eigenvalue weighted by Crippen LogP contribution is -1.91. The topological polar surface area (TPSA) is 30.4 Å². The van der Waals surface area contributed by atoms with Gasteiger partial charge in [-0.25, -0.2) is 0 Å². The van der Waals surface area contributed by atoms with Gasteiger partial charge in [-0.15, -0.1) is 0 Å². The van der Waals surface area contributed by atoms with Crippen molar-refractivity contribution in [1.82, 2.24) is 9.38 Å². The zero-order valence-corrected chi connectivity index (χ0v) is 12.3. The summed E-state index contributed by atoms with van der Waals surface area (Å²) in [7, 11) is 0. The molecule has 0 saturated carbocycles. The summed E-state index contributed by atoms with van der Waals surface area (Å²) in [5.74, 6) is 0.614. The van der Waals surface area contributed by atoms with E-state index in [1.165, 1.54) is 0 Å². The van der Waals surface area contributed by atoms with Crippen molar-refractivity contribution in [3.63, 3.8) is 0 Å². The SMILES string of the molecule is CCc1c(-c2ccccc2)nc2oc3ccc(Cl)cc3n12. The molecule has 0 unspecified atom stereocenters. The summed E-state index contributed by atoms with van der Waals surface area (Å²) >= 11 is 6.12. The Morgan fingerprint density at radius 2 is 1.95 bits per heavy atom. The van der Waals surface area contributed by atoms with Crippen molar-refractivity contribution in [1.29, 1.82) is 0 Å². The lowest BCUT2D eigenvalue weighted by molar-refractivity contribution is 0.641. The van der Waals surface area contributed by atoms with Crippen LogP contribution in [0.15, 0.2) is 52.9 Å². The molecule has 0 radical (unpaired) electrons. The molecule has 0 aliphatic carbocycles. The van der Waals surface area contributed by atoms with Gasteiger partial charge in [0.25, 0.3) is 0 Å². The molecule has 2 aromatic carbocycles. The molecular formula is C17H13ClN2O. The minimum absolute atomic E-state index is 0.614. The third-order valence-electron chi connectivity index (χ3n) is 3.69. The van der Waals surface area contributed by atoms with Gasteiger partial charge in [-0.3, -0.25) is 4.40 Å². The Hall–Kier alpha value is -2.26. The second-order valence-electron chi connectivity index (χ2n) is 4.96. The Balaban J connectivity index is 2.09. The maximum absolute atomic E-state index is 6.12. The monoisotopic (exact) mass is 296 g/mol. The Kier molecular flexibility index (Phi) is 2.76. The normalized spacial score (nSPS) is 11.5. The number of oxazole rings is 1. The fourth-order valence-electron chi connectivity index (χ4n) is 2.75. The Bertz CT molecular complexity index is 938. The number of aryl methyl sites for hydroxylation is 1. The quantitative estimate of drug-likeness (QED) is 0.523. The minimum Gasteiger partial charge on any atom is -0.423 e. The largest absolute Gasteiger partial charge is 0.423 e. The van der Waals surface area contributed by atoms with Gasteiger partial charge in [0.2, 0.25) is 0 Å². The Morgan fingerprint density at radius 1 is 1.14 bits per heavy atom. The van der Waals surface area contributed by atoms with Crippen LogP contribution < -0.4 is 0 Å². The molecule has 3 nitrogen and oxygen atoms in total. The van der Waals surface area contributed by atoms with Gasteiger partial charge in [-0.05, 0) is 24.6 Å². The highest BCUT2D eigenvalue weighted by Crippen LogP contribution is 2.30. The van der Waals surface area contributed by atoms with Gasteiger partial charge in [-0.2, -0.15) is 4.98 Å². The average molecular weight is 297 g/mol. The summed E-state index contributed by atoms with van der Waals surface area (Å²) < 4.78 is 7.90. The summed E-state index contributed by atoms with van der Waals surface area (Å²) in [6.45, 7) is 2.12. The van der Waals surface area contributed by atoms with E-state index in [0.717, 1.165) is 34.5 Å². The highest BCUT2D eigenvalue weighted by Gasteiger charge is 2.18. The molecule has 0 amide bonds. The third kappa shape index (κ3) is 1.85. The maximum Gasteiger partial charge on any atom is 0.307 e. The summed E-state index contributed by atoms with van der Waals surface area (Å²) in [4.78, 5) is 4.67. The average Bonchev–Trinajstić information content (AvgIpc) is 3.03. The Labute approximate surface area is 126 Å². The lowest BCUT2D eigenvalue weighted by atomic mass is 10.1. The molecule has 0 spiro atoms. The highest BCUT2D eigenvalue weighted by atomic mass is 35.5. The van der Waals surface area contributed by atoms with Crippen molar-refractivity contribution < 1.29 is 4.42 Å². The molecule has 2 aromatic heterocycles. The third-order valence-corrected chi connectivity index (χ3v) is 3.92. The van der Waals surface area contributed by atoms with Crippen LogP contribution in [-0.4, -0.2) is 9.38 Å². The molecule has 0 atom stereocenters. The summed E-state index contributed by atoms with van der Waals surface area (Å²) in [6, 6.07) is 15.8. The van der Waals surface area contributed by atoms with E-state index in [0.29, 0.717) is 10.9 Å². The predicted molar refractivity (Wildman–Crippen MR) is 84.8 cm³/mol. The highest BCUT2D eigenvalue weighted by molar-refractivity contribution is 6.31. The van der Waals surface area contributed by atoms with E-state index in [1.54, 1.807) is 0 Å². The predicted octanol–water partition coefficient (Wildman–Crippen LogP) is 4.96. The van der Waals surface area contributed by atoms with E-state index < -0.39 is 0 Å². The lowest BCUT2D eigenvalue weighted by Gasteiger charge is -2.02. The van der Waals surface area contributed by atoms with Crippen molar-refractivity contribution in [2.45, 2.75) is 13.3 Å². The fourth-order valence-corrected chi connectivity index (χ4v) is 2.92. The van der Waals surface area contributed by atoms with Gasteiger partial charge >= 0.3 is 5.84 Å². The van der Waals surface area contributed by atoms with Crippen molar-refractivity contribution in [3.8, 4) is 11.3 Å². The molecular weight excluding hydrogens is 284 g/mol. The van der Waals surface area contributed by atoms with E-state index in [9.17, 15) is 0 Å². The first kappa shape index (κ1) is 12.5. The van der Waals surface area contributed by atoms with E-state index in [2.05, 4.69) is 28.4 Å². The number of halogens is 1. The van der Waals surface area contributed by atoms with E-state index >= 15 is 0 Å². The smallest absolute Gasteiger partial charge is 0.307 e. The first-order valence-electron chi connectivity index (χ1n) is 6.92. The number of nitrogens with zero attached hydrogens (tertiary/aromatic N) is 2. The van der Waals surface area contributed by atoms with Gasteiger partial charge in [-0.1, -0.05) is 48.9 Å². The van der Waals surface area contributed by atoms with Crippen LogP contribution in [0.4, 0.5) is 0 Å². The molecule has 0 aliphatic heterocycles. The van der Waals surface area contributed by atoms with Crippen LogP contribution in [0.25, 0.3) is 28.2 Å². The molecule has 21 heavy (non-hydrogen) atoms. The summed E-state index contributed by atoms with van der Waals surface area (Å²) in [5.41, 5.74) is 4.97. The van der Waals surface area contributed by atoms with Crippen molar-refractivity contribution in [2.75, 3.05) is 0 Å². The van der Waals surface area contributed by atoms with Gasteiger partial charge in [0.1, 0.15) is 0 Å². The first-order chi connectivity index (χ1) is 10.3. The van der Waals surface area contributed by atoms with Crippen LogP contribution in [0.2, 0.25) is 5.02 Å². The second kappa shape index (κ2) is 4.64. The molecule has 0 aliphatic rings. The number of hydrogen-bond donors (Lipinski definition) is 0. The van der Waals surface area contributed by atoms with Crippen molar-refractivity contribution >= 4 is 28.5 Å². The van der Waals surface area contributed by atoms with Gasteiger partial charge < -0.3 is 4.42 Å². The van der Waals surface area contributed by atoms with E-state index in [4.69, 9.17) is 16.0 Å². The van der Waals surface area contributed by atoms with Crippen LogP contribution in [0.3, 0.4) is 0 Å². The number of imidazole rings is 1. The van der Waals surface area contributed by atoms with Gasteiger partial charge in [0, 0.05) is 10.6 Å². The van der Waals surface area contributed by atoms with Crippen LogP contribution >= 0.6 is 11.6 Å². The van der Waals surface area contributed by atoms with Crippen LogP contribution in [-0.2, 0) is 6.42 Å². The number of hydrogen-bond acceptors (Lipinski definition) is 2. The molecule has 104 valence electrons. The molecule has 0 N–H and O–H groups in total. The maximum atomic E-state index is 6.12. The number of benzene rings is 2. The molecule has 0 bridgehead atoms. The molecule has 4 heteroatoms. The summed E-state index contributed by atoms with van der Waals surface area (Å²) in [5, 5.41) is 0.696.